The summed E-state index contributed by atoms with van der Waals surface area (Å²) in [7, 11) is 0. The number of carbonyl (C=O) groups is 2. The second-order valence-electron chi connectivity index (χ2n) is 4.00. The molecule has 1 heterocycles. The van der Waals surface area contributed by atoms with Gasteiger partial charge in [0, 0.05) is 6.54 Å². The molecule has 5 heteroatoms. The highest BCUT2D eigenvalue weighted by Crippen LogP contribution is 2.00. The van der Waals surface area contributed by atoms with E-state index in [0.717, 1.165) is 0 Å². The third-order valence-electron chi connectivity index (χ3n) is 2.13. The van der Waals surface area contributed by atoms with Gasteiger partial charge < -0.3 is 10.6 Å². The first-order valence-electron chi connectivity index (χ1n) is 4.74. The van der Waals surface area contributed by atoms with Gasteiger partial charge in [0.2, 0.25) is 11.8 Å². The van der Waals surface area contributed by atoms with E-state index in [1.165, 1.54) is 0 Å². The average molecular weight is 209 g/mol. The van der Waals surface area contributed by atoms with E-state index in [1.54, 1.807) is 13.8 Å². The van der Waals surface area contributed by atoms with Crippen LogP contribution in [0.4, 0.5) is 0 Å². The number of piperazine rings is 1. The first kappa shape index (κ1) is 11.5. The highest BCUT2D eigenvalue weighted by atomic mass is 16.2. The van der Waals surface area contributed by atoms with Crippen LogP contribution in [0, 0.1) is 12.3 Å². The second-order valence-corrected chi connectivity index (χ2v) is 4.00. The average Bonchev–Trinajstić information content (AvgIpc) is 2.18. The first-order chi connectivity index (χ1) is 6.94. The molecule has 1 fully saturated rings. The normalized spacial score (nSPS) is 21.4. The standard InChI is InChI=1S/C10H15N3O2/c1-4-10(2,3)13-9(15)7-5-12-8(14)6-11-7/h1,7,11H,5-6H2,2-3H3,(H,12,14)(H,13,15). The van der Waals surface area contributed by atoms with Crippen molar-refractivity contribution >= 4 is 11.8 Å². The molecule has 3 N–H and O–H groups in total. The minimum Gasteiger partial charge on any atom is -0.353 e. The van der Waals surface area contributed by atoms with E-state index in [9.17, 15) is 9.59 Å². The molecule has 1 aliphatic heterocycles. The van der Waals surface area contributed by atoms with Gasteiger partial charge in [0.1, 0.15) is 6.04 Å². The van der Waals surface area contributed by atoms with Crippen LogP contribution in [0.15, 0.2) is 0 Å². The molecule has 1 atom stereocenters. The summed E-state index contributed by atoms with van der Waals surface area (Å²) >= 11 is 0. The predicted molar refractivity (Wildman–Crippen MR) is 55.9 cm³/mol. The van der Waals surface area contributed by atoms with E-state index in [2.05, 4.69) is 21.9 Å². The Bertz CT molecular complexity index is 307. The van der Waals surface area contributed by atoms with Gasteiger partial charge >= 0.3 is 0 Å². The Kier molecular flexibility index (Phi) is 3.32. The van der Waals surface area contributed by atoms with Crippen molar-refractivity contribution in [3.8, 4) is 12.3 Å². The number of amides is 2. The van der Waals surface area contributed by atoms with Crippen LogP contribution in [0.25, 0.3) is 0 Å². The minimum atomic E-state index is -0.666. The Labute approximate surface area is 89.0 Å². The van der Waals surface area contributed by atoms with Crippen LogP contribution >= 0.6 is 0 Å². The summed E-state index contributed by atoms with van der Waals surface area (Å²) in [6.07, 6.45) is 5.25. The monoisotopic (exact) mass is 209 g/mol. The van der Waals surface area contributed by atoms with Gasteiger partial charge in [-0.15, -0.1) is 6.42 Å². The Morgan fingerprint density at radius 1 is 1.67 bits per heavy atom. The quantitative estimate of drug-likeness (QED) is 0.490. The number of hydrogen-bond acceptors (Lipinski definition) is 3. The van der Waals surface area contributed by atoms with E-state index in [4.69, 9.17) is 6.42 Å². The molecule has 0 aliphatic carbocycles. The van der Waals surface area contributed by atoms with Crippen molar-refractivity contribution in [3.05, 3.63) is 0 Å². The molecular weight excluding hydrogens is 194 g/mol. The lowest BCUT2D eigenvalue weighted by Gasteiger charge is -2.27. The fourth-order valence-corrected chi connectivity index (χ4v) is 1.18. The van der Waals surface area contributed by atoms with E-state index in [1.807, 2.05) is 0 Å². The number of rotatable bonds is 2. The highest BCUT2D eigenvalue weighted by molar-refractivity contribution is 5.87. The lowest BCUT2D eigenvalue weighted by atomic mass is 10.1. The summed E-state index contributed by atoms with van der Waals surface area (Å²) in [6, 6.07) is -0.407. The van der Waals surface area contributed by atoms with Crippen LogP contribution in [0.3, 0.4) is 0 Å². The molecule has 0 bridgehead atoms. The van der Waals surface area contributed by atoms with E-state index in [-0.39, 0.29) is 18.4 Å². The molecule has 2 amide bonds. The Balaban J connectivity index is 2.49. The molecule has 0 aromatic heterocycles. The number of carbonyl (C=O) groups excluding carboxylic acids is 2. The van der Waals surface area contributed by atoms with Gasteiger partial charge in [-0.25, -0.2) is 0 Å². The second kappa shape index (κ2) is 4.32. The van der Waals surface area contributed by atoms with Crippen molar-refractivity contribution in [2.75, 3.05) is 13.1 Å². The zero-order valence-corrected chi connectivity index (χ0v) is 8.89. The topological polar surface area (TPSA) is 70.2 Å². The molecule has 1 aliphatic rings. The van der Waals surface area contributed by atoms with Crippen LogP contribution in [-0.4, -0.2) is 36.5 Å². The van der Waals surface area contributed by atoms with E-state index >= 15 is 0 Å². The molecule has 82 valence electrons. The maximum absolute atomic E-state index is 11.7. The molecule has 1 saturated heterocycles. The maximum atomic E-state index is 11.7. The summed E-state index contributed by atoms with van der Waals surface area (Å²) in [5, 5.41) is 8.13. The zero-order valence-electron chi connectivity index (χ0n) is 8.89. The van der Waals surface area contributed by atoms with Gasteiger partial charge in [-0.05, 0) is 13.8 Å². The summed E-state index contributed by atoms with van der Waals surface area (Å²) in [5.41, 5.74) is -0.666. The van der Waals surface area contributed by atoms with Crippen molar-refractivity contribution < 1.29 is 9.59 Å². The molecule has 15 heavy (non-hydrogen) atoms. The molecule has 1 unspecified atom stereocenters. The fourth-order valence-electron chi connectivity index (χ4n) is 1.18. The van der Waals surface area contributed by atoms with Crippen molar-refractivity contribution in [1.29, 1.82) is 0 Å². The molecule has 0 spiro atoms. The van der Waals surface area contributed by atoms with Gasteiger partial charge in [0.25, 0.3) is 0 Å². The number of hydrogen-bond donors (Lipinski definition) is 3. The first-order valence-corrected chi connectivity index (χ1v) is 4.74. The van der Waals surface area contributed by atoms with Crippen molar-refractivity contribution in [3.63, 3.8) is 0 Å². The van der Waals surface area contributed by atoms with Gasteiger partial charge in [-0.1, -0.05) is 5.92 Å². The number of terminal acetylenes is 1. The van der Waals surface area contributed by atoms with Gasteiger partial charge in [0.15, 0.2) is 0 Å². The number of nitrogens with one attached hydrogen (secondary N) is 3. The Hall–Kier alpha value is -1.54. The minimum absolute atomic E-state index is 0.102. The molecule has 5 nitrogen and oxygen atoms in total. The Morgan fingerprint density at radius 3 is 2.80 bits per heavy atom. The van der Waals surface area contributed by atoms with Crippen LogP contribution < -0.4 is 16.0 Å². The fraction of sp³-hybridized carbons (Fsp3) is 0.600. The zero-order chi connectivity index (χ0) is 11.5. The third-order valence-corrected chi connectivity index (χ3v) is 2.13. The molecule has 0 saturated carbocycles. The van der Waals surface area contributed by atoms with Gasteiger partial charge in [-0.3, -0.25) is 14.9 Å². The SMILES string of the molecule is C#CC(C)(C)NC(=O)C1CNC(=O)CN1. The van der Waals surface area contributed by atoms with Crippen LogP contribution in [-0.2, 0) is 9.59 Å². The van der Waals surface area contributed by atoms with Crippen molar-refractivity contribution in [1.82, 2.24) is 16.0 Å². The van der Waals surface area contributed by atoms with Crippen molar-refractivity contribution in [2.45, 2.75) is 25.4 Å². The lowest BCUT2D eigenvalue weighted by molar-refractivity contribution is -0.127. The smallest absolute Gasteiger partial charge is 0.240 e. The summed E-state index contributed by atoms with van der Waals surface area (Å²) < 4.78 is 0. The van der Waals surface area contributed by atoms with Crippen LogP contribution in [0.5, 0.6) is 0 Å². The molecular formula is C10H15N3O2. The molecule has 1 rings (SSSR count). The van der Waals surface area contributed by atoms with Crippen molar-refractivity contribution in [2.24, 2.45) is 0 Å². The van der Waals surface area contributed by atoms with E-state index < -0.39 is 11.6 Å². The summed E-state index contributed by atoms with van der Waals surface area (Å²) in [6.45, 7) is 3.94. The predicted octanol–water partition coefficient (Wildman–Crippen LogP) is -1.40. The largest absolute Gasteiger partial charge is 0.353 e. The lowest BCUT2D eigenvalue weighted by Crippen LogP contribution is -2.60. The van der Waals surface area contributed by atoms with Gasteiger partial charge in [-0.2, -0.15) is 0 Å². The molecule has 0 aromatic rings. The summed E-state index contributed by atoms with van der Waals surface area (Å²) in [5.74, 6) is 2.18. The molecule has 0 aromatic carbocycles. The highest BCUT2D eigenvalue weighted by Gasteiger charge is 2.27. The van der Waals surface area contributed by atoms with Crippen LogP contribution in [0.1, 0.15) is 13.8 Å². The molecule has 0 radical (unpaired) electrons. The third kappa shape index (κ3) is 3.26. The Morgan fingerprint density at radius 2 is 2.33 bits per heavy atom. The summed E-state index contributed by atoms with van der Waals surface area (Å²) in [4.78, 5) is 22.5. The van der Waals surface area contributed by atoms with Gasteiger partial charge in [0.05, 0.1) is 12.1 Å². The van der Waals surface area contributed by atoms with Crippen LogP contribution in [0.2, 0.25) is 0 Å². The maximum Gasteiger partial charge on any atom is 0.240 e. The van der Waals surface area contributed by atoms with E-state index in [0.29, 0.717) is 6.54 Å².